The molecule has 18 heavy (non-hydrogen) atoms. The van der Waals surface area contributed by atoms with E-state index in [0.717, 1.165) is 42.4 Å². The standard InChI is InChI=1S/C13H17BrN2O2/c14-11-4-9(6-16-8-11)5-15-7-10-2-1-3-12(10)13(17)18/h4,6,8,10,12,15H,1-3,5,7H2,(H,17,18). The number of carbonyl (C=O) groups is 1. The Bertz CT molecular complexity index is 425. The van der Waals surface area contributed by atoms with Gasteiger partial charge in [-0.15, -0.1) is 0 Å². The van der Waals surface area contributed by atoms with Gasteiger partial charge < -0.3 is 10.4 Å². The number of aromatic nitrogens is 1. The predicted molar refractivity (Wildman–Crippen MR) is 72.1 cm³/mol. The minimum absolute atomic E-state index is 0.168. The zero-order chi connectivity index (χ0) is 13.0. The summed E-state index contributed by atoms with van der Waals surface area (Å²) in [7, 11) is 0. The van der Waals surface area contributed by atoms with E-state index in [4.69, 9.17) is 5.11 Å². The van der Waals surface area contributed by atoms with E-state index in [1.165, 1.54) is 0 Å². The van der Waals surface area contributed by atoms with Crippen molar-refractivity contribution in [1.29, 1.82) is 0 Å². The van der Waals surface area contributed by atoms with Crippen molar-refractivity contribution in [2.45, 2.75) is 25.8 Å². The van der Waals surface area contributed by atoms with E-state index in [1.54, 1.807) is 6.20 Å². The van der Waals surface area contributed by atoms with Gasteiger partial charge in [0.15, 0.2) is 0 Å². The summed E-state index contributed by atoms with van der Waals surface area (Å²) in [6.07, 6.45) is 6.44. The largest absolute Gasteiger partial charge is 0.481 e. The normalized spacial score (nSPS) is 23.2. The number of hydrogen-bond donors (Lipinski definition) is 2. The number of pyridine rings is 1. The van der Waals surface area contributed by atoms with E-state index >= 15 is 0 Å². The van der Waals surface area contributed by atoms with Gasteiger partial charge in [-0.1, -0.05) is 6.42 Å². The van der Waals surface area contributed by atoms with Crippen molar-refractivity contribution in [2.75, 3.05) is 6.54 Å². The zero-order valence-electron chi connectivity index (χ0n) is 10.1. The van der Waals surface area contributed by atoms with E-state index in [1.807, 2.05) is 12.3 Å². The number of hydrogen-bond acceptors (Lipinski definition) is 3. The fourth-order valence-corrected chi connectivity index (χ4v) is 2.97. The Kier molecular flexibility index (Phi) is 4.72. The molecule has 5 heteroatoms. The van der Waals surface area contributed by atoms with E-state index < -0.39 is 5.97 Å². The third kappa shape index (κ3) is 3.53. The number of nitrogens with zero attached hydrogens (tertiary/aromatic N) is 1. The average molecular weight is 313 g/mol. The summed E-state index contributed by atoms with van der Waals surface area (Å²) in [5, 5.41) is 12.4. The van der Waals surface area contributed by atoms with Gasteiger partial charge in [0.05, 0.1) is 5.92 Å². The van der Waals surface area contributed by atoms with Crippen LogP contribution < -0.4 is 5.32 Å². The van der Waals surface area contributed by atoms with Crippen molar-refractivity contribution >= 4 is 21.9 Å². The molecule has 1 saturated carbocycles. The molecular formula is C13H17BrN2O2. The Morgan fingerprint density at radius 3 is 3.06 bits per heavy atom. The minimum Gasteiger partial charge on any atom is -0.481 e. The first kappa shape index (κ1) is 13.5. The molecule has 1 aromatic heterocycles. The molecule has 0 saturated heterocycles. The lowest BCUT2D eigenvalue weighted by Crippen LogP contribution is -2.28. The number of rotatable bonds is 5. The number of nitrogens with one attached hydrogen (secondary N) is 1. The molecule has 0 amide bonds. The maximum absolute atomic E-state index is 11.0. The first-order chi connectivity index (χ1) is 8.66. The molecule has 2 N–H and O–H groups in total. The summed E-state index contributed by atoms with van der Waals surface area (Å²) in [5.41, 5.74) is 1.11. The van der Waals surface area contributed by atoms with Crippen molar-refractivity contribution in [2.24, 2.45) is 11.8 Å². The Labute approximate surface area is 115 Å². The van der Waals surface area contributed by atoms with Crippen molar-refractivity contribution in [3.05, 3.63) is 28.5 Å². The van der Waals surface area contributed by atoms with Gasteiger partial charge in [-0.3, -0.25) is 9.78 Å². The third-order valence-electron chi connectivity index (χ3n) is 3.47. The highest BCUT2D eigenvalue weighted by Gasteiger charge is 2.32. The molecule has 0 radical (unpaired) electrons. The molecule has 98 valence electrons. The van der Waals surface area contributed by atoms with Crippen molar-refractivity contribution < 1.29 is 9.90 Å². The second-order valence-corrected chi connectivity index (χ2v) is 5.69. The lowest BCUT2D eigenvalue weighted by atomic mass is 9.96. The molecule has 1 aromatic rings. The molecule has 1 aliphatic rings. The molecule has 2 unspecified atom stereocenters. The molecule has 0 aliphatic heterocycles. The summed E-state index contributed by atoms with van der Waals surface area (Å²) in [4.78, 5) is 15.1. The number of carboxylic acids is 1. The first-order valence-corrected chi connectivity index (χ1v) is 6.99. The highest BCUT2D eigenvalue weighted by molar-refractivity contribution is 9.10. The summed E-state index contributed by atoms with van der Waals surface area (Å²) in [6.45, 7) is 1.50. The number of carboxylic acid groups (broad SMARTS) is 1. The predicted octanol–water partition coefficient (Wildman–Crippen LogP) is 2.43. The molecule has 1 fully saturated rings. The van der Waals surface area contributed by atoms with Crippen LogP contribution in [0.5, 0.6) is 0 Å². The molecule has 0 aromatic carbocycles. The SMILES string of the molecule is O=C(O)C1CCCC1CNCc1cncc(Br)c1. The van der Waals surface area contributed by atoms with E-state index in [0.29, 0.717) is 0 Å². The number of halogens is 1. The van der Waals surface area contributed by atoms with Crippen LogP contribution in [-0.4, -0.2) is 22.6 Å². The van der Waals surface area contributed by atoms with Crippen molar-refractivity contribution in [1.82, 2.24) is 10.3 Å². The fraction of sp³-hybridized carbons (Fsp3) is 0.538. The molecule has 2 rings (SSSR count). The van der Waals surface area contributed by atoms with Crippen molar-refractivity contribution in [3.8, 4) is 0 Å². The van der Waals surface area contributed by atoms with Gasteiger partial charge in [-0.2, -0.15) is 0 Å². The van der Waals surface area contributed by atoms with Crippen LogP contribution in [0.2, 0.25) is 0 Å². The Balaban J connectivity index is 1.80. The minimum atomic E-state index is -0.650. The molecule has 0 bridgehead atoms. The molecular weight excluding hydrogens is 296 g/mol. The fourth-order valence-electron chi connectivity index (χ4n) is 2.56. The van der Waals surface area contributed by atoms with Gasteiger partial charge in [0.1, 0.15) is 0 Å². The quantitative estimate of drug-likeness (QED) is 0.876. The summed E-state index contributed by atoms with van der Waals surface area (Å²) >= 11 is 3.38. The van der Waals surface area contributed by atoms with E-state index in [-0.39, 0.29) is 11.8 Å². The monoisotopic (exact) mass is 312 g/mol. The Hall–Kier alpha value is -0.940. The van der Waals surface area contributed by atoms with Crippen LogP contribution in [0, 0.1) is 11.8 Å². The second kappa shape index (κ2) is 6.29. The highest BCUT2D eigenvalue weighted by atomic mass is 79.9. The highest BCUT2D eigenvalue weighted by Crippen LogP contribution is 2.31. The van der Waals surface area contributed by atoms with Gasteiger partial charge in [0, 0.05) is 23.4 Å². The first-order valence-electron chi connectivity index (χ1n) is 6.20. The molecule has 2 atom stereocenters. The Morgan fingerprint density at radius 2 is 2.33 bits per heavy atom. The van der Waals surface area contributed by atoms with Crippen LogP contribution in [0.4, 0.5) is 0 Å². The van der Waals surface area contributed by atoms with Crippen molar-refractivity contribution in [3.63, 3.8) is 0 Å². The molecule has 1 heterocycles. The van der Waals surface area contributed by atoms with E-state index in [2.05, 4.69) is 26.2 Å². The number of aliphatic carboxylic acids is 1. The van der Waals surface area contributed by atoms with Crippen LogP contribution in [0.1, 0.15) is 24.8 Å². The lowest BCUT2D eigenvalue weighted by Gasteiger charge is -2.16. The Morgan fingerprint density at radius 1 is 1.50 bits per heavy atom. The van der Waals surface area contributed by atoms with Crippen LogP contribution in [-0.2, 0) is 11.3 Å². The summed E-state index contributed by atoms with van der Waals surface area (Å²) in [5.74, 6) is -0.552. The van der Waals surface area contributed by atoms with Crippen LogP contribution in [0.3, 0.4) is 0 Å². The molecule has 1 aliphatic carbocycles. The van der Waals surface area contributed by atoms with Gasteiger partial charge in [-0.25, -0.2) is 0 Å². The van der Waals surface area contributed by atoms with Gasteiger partial charge in [0.25, 0.3) is 0 Å². The molecule has 0 spiro atoms. The van der Waals surface area contributed by atoms with Gasteiger partial charge in [0.2, 0.25) is 0 Å². The van der Waals surface area contributed by atoms with Gasteiger partial charge >= 0.3 is 5.97 Å². The van der Waals surface area contributed by atoms with Gasteiger partial charge in [-0.05, 0) is 52.9 Å². The van der Waals surface area contributed by atoms with Crippen LogP contribution in [0.25, 0.3) is 0 Å². The second-order valence-electron chi connectivity index (χ2n) is 4.78. The zero-order valence-corrected chi connectivity index (χ0v) is 11.7. The lowest BCUT2D eigenvalue weighted by molar-refractivity contribution is -0.142. The molecule has 4 nitrogen and oxygen atoms in total. The topological polar surface area (TPSA) is 62.2 Å². The summed E-state index contributed by atoms with van der Waals surface area (Å²) in [6, 6.07) is 2.02. The average Bonchev–Trinajstić information content (AvgIpc) is 2.77. The smallest absolute Gasteiger partial charge is 0.306 e. The maximum Gasteiger partial charge on any atom is 0.306 e. The van der Waals surface area contributed by atoms with E-state index in [9.17, 15) is 4.79 Å². The third-order valence-corrected chi connectivity index (χ3v) is 3.91. The van der Waals surface area contributed by atoms with Crippen LogP contribution >= 0.6 is 15.9 Å². The van der Waals surface area contributed by atoms with Crippen LogP contribution in [0.15, 0.2) is 22.9 Å². The summed E-state index contributed by atoms with van der Waals surface area (Å²) < 4.78 is 0.964. The maximum atomic E-state index is 11.0.